The van der Waals surface area contributed by atoms with E-state index in [0.29, 0.717) is 0 Å². The van der Waals surface area contributed by atoms with Crippen LogP contribution in [0.15, 0.2) is 23.3 Å². The summed E-state index contributed by atoms with van der Waals surface area (Å²) in [6.45, 7) is 11.7. The van der Waals surface area contributed by atoms with Gasteiger partial charge in [0.05, 0.1) is 0 Å². The van der Waals surface area contributed by atoms with Gasteiger partial charge in [-0.25, -0.2) is 0 Å². The average molecular weight is 189 g/mol. The Hall–Kier alpha value is -0.230. The van der Waals surface area contributed by atoms with E-state index in [2.05, 4.69) is 6.58 Å². The Balaban J connectivity index is 0. The van der Waals surface area contributed by atoms with Crippen molar-refractivity contribution >= 4 is 11.6 Å². The summed E-state index contributed by atoms with van der Waals surface area (Å²) in [7, 11) is 0. The molecule has 1 heteroatoms. The summed E-state index contributed by atoms with van der Waals surface area (Å²) in [5, 5.41) is 1.00. The van der Waals surface area contributed by atoms with Gasteiger partial charge in [-0.1, -0.05) is 37.1 Å². The Kier molecular flexibility index (Phi) is 12.8. The summed E-state index contributed by atoms with van der Waals surface area (Å²) in [5.41, 5.74) is 1.23. The topological polar surface area (TPSA) is 0 Å². The van der Waals surface area contributed by atoms with Gasteiger partial charge in [0, 0.05) is 5.03 Å². The van der Waals surface area contributed by atoms with Crippen LogP contribution in [0.3, 0.4) is 0 Å². The molecule has 0 aromatic rings. The van der Waals surface area contributed by atoms with Gasteiger partial charge in [0.1, 0.15) is 0 Å². The van der Waals surface area contributed by atoms with E-state index in [9.17, 15) is 0 Å². The molecule has 0 saturated carbocycles. The van der Waals surface area contributed by atoms with Crippen LogP contribution in [0.4, 0.5) is 0 Å². The molecule has 0 unspecified atom stereocenters. The van der Waals surface area contributed by atoms with Gasteiger partial charge in [-0.2, -0.15) is 0 Å². The largest absolute Gasteiger partial charge is 0.103 e. The first kappa shape index (κ1) is 14.3. The normalized spacial score (nSPS) is 8.08. The third kappa shape index (κ3) is 9.77. The van der Waals surface area contributed by atoms with E-state index in [1.807, 2.05) is 33.8 Å². The highest BCUT2D eigenvalue weighted by Crippen LogP contribution is 2.15. The summed E-state index contributed by atoms with van der Waals surface area (Å²) in [4.78, 5) is 0. The zero-order valence-electron chi connectivity index (χ0n) is 8.78. The summed E-state index contributed by atoms with van der Waals surface area (Å²) < 4.78 is 0. The van der Waals surface area contributed by atoms with Gasteiger partial charge in [-0.05, 0) is 33.1 Å². The first-order valence-electron chi connectivity index (χ1n) is 4.61. The van der Waals surface area contributed by atoms with Crippen molar-refractivity contribution in [2.24, 2.45) is 0 Å². The number of halogens is 1. The molecule has 0 fully saturated rings. The van der Waals surface area contributed by atoms with E-state index in [1.54, 1.807) is 0 Å². The molecule has 0 aliphatic carbocycles. The van der Waals surface area contributed by atoms with Crippen molar-refractivity contribution in [3.05, 3.63) is 23.3 Å². The molecule has 0 N–H and O–H groups in total. The Labute approximate surface area is 82.3 Å². The van der Waals surface area contributed by atoms with E-state index >= 15 is 0 Å². The first-order chi connectivity index (χ1) is 5.68. The molecule has 0 nitrogen and oxygen atoms in total. The van der Waals surface area contributed by atoms with Crippen molar-refractivity contribution in [2.75, 3.05) is 0 Å². The molecule has 0 heterocycles. The van der Waals surface area contributed by atoms with Crippen LogP contribution in [0, 0.1) is 0 Å². The quantitative estimate of drug-likeness (QED) is 0.435. The molecule has 0 aliphatic rings. The minimum atomic E-state index is 0.996. The van der Waals surface area contributed by atoms with E-state index < -0.39 is 0 Å². The Morgan fingerprint density at radius 3 is 2.17 bits per heavy atom. The van der Waals surface area contributed by atoms with Gasteiger partial charge in [0.15, 0.2) is 0 Å². The monoisotopic (exact) mass is 188 g/mol. The fourth-order valence-electron chi connectivity index (χ4n) is 0.652. The summed E-state index contributed by atoms with van der Waals surface area (Å²) in [6.07, 6.45) is 5.10. The number of hydrogen-bond acceptors (Lipinski definition) is 0. The van der Waals surface area contributed by atoms with Crippen LogP contribution in [-0.4, -0.2) is 0 Å². The van der Waals surface area contributed by atoms with Crippen molar-refractivity contribution in [1.82, 2.24) is 0 Å². The van der Waals surface area contributed by atoms with E-state index in [1.165, 1.54) is 5.57 Å². The van der Waals surface area contributed by atoms with Gasteiger partial charge >= 0.3 is 0 Å². The molecule has 0 aromatic heterocycles. The maximum absolute atomic E-state index is 5.90. The summed E-state index contributed by atoms with van der Waals surface area (Å²) in [5.74, 6) is 0. The highest BCUT2D eigenvalue weighted by molar-refractivity contribution is 6.29. The smallest absolute Gasteiger partial charge is 0.0167 e. The Morgan fingerprint density at radius 1 is 1.33 bits per heavy atom. The lowest BCUT2D eigenvalue weighted by Gasteiger charge is -1.98. The predicted octanol–water partition coefficient (Wildman–Crippen LogP) is 4.90. The fraction of sp³-hybridized carbons (Fsp3) is 0.636. The number of hydrogen-bond donors (Lipinski definition) is 0. The molecular formula is C11H21Cl. The van der Waals surface area contributed by atoms with Crippen molar-refractivity contribution < 1.29 is 0 Å². The van der Waals surface area contributed by atoms with E-state index in [-0.39, 0.29) is 0 Å². The Bertz CT molecular complexity index is 130. The van der Waals surface area contributed by atoms with Gasteiger partial charge in [-0.3, -0.25) is 0 Å². The standard InChI is InChI=1S/C9H15Cl.C2H6/c1-4-5-6-7-9(10)8(2)3;1-2/h4H,1,5-7H2,2-3H3;1-2H3. The van der Waals surface area contributed by atoms with Crippen LogP contribution in [0.25, 0.3) is 0 Å². The van der Waals surface area contributed by atoms with E-state index in [4.69, 9.17) is 11.6 Å². The van der Waals surface area contributed by atoms with Crippen molar-refractivity contribution in [1.29, 1.82) is 0 Å². The van der Waals surface area contributed by atoms with Gasteiger partial charge < -0.3 is 0 Å². The second-order valence-corrected chi connectivity index (χ2v) is 3.04. The van der Waals surface area contributed by atoms with Crippen LogP contribution in [0.5, 0.6) is 0 Å². The molecule has 0 bridgehead atoms. The molecule has 0 amide bonds. The van der Waals surface area contributed by atoms with Gasteiger partial charge in [0.25, 0.3) is 0 Å². The number of unbranched alkanes of at least 4 members (excludes halogenated alkanes) is 1. The molecular weight excluding hydrogens is 168 g/mol. The maximum atomic E-state index is 5.90. The van der Waals surface area contributed by atoms with Crippen LogP contribution < -0.4 is 0 Å². The third-order valence-corrected chi connectivity index (χ3v) is 1.91. The molecule has 12 heavy (non-hydrogen) atoms. The second-order valence-electron chi connectivity index (χ2n) is 2.59. The molecule has 0 rings (SSSR count). The zero-order chi connectivity index (χ0) is 9.98. The van der Waals surface area contributed by atoms with Crippen LogP contribution in [0.2, 0.25) is 0 Å². The molecule has 72 valence electrons. The molecule has 0 aromatic carbocycles. The molecule has 0 saturated heterocycles. The minimum Gasteiger partial charge on any atom is -0.103 e. The van der Waals surface area contributed by atoms with Crippen molar-refractivity contribution in [2.45, 2.75) is 47.0 Å². The van der Waals surface area contributed by atoms with Crippen LogP contribution in [0.1, 0.15) is 47.0 Å². The lowest BCUT2D eigenvalue weighted by Crippen LogP contribution is -1.77. The maximum Gasteiger partial charge on any atom is 0.0167 e. The number of allylic oxidation sites excluding steroid dienone is 3. The Morgan fingerprint density at radius 2 is 1.83 bits per heavy atom. The fourth-order valence-corrected chi connectivity index (χ4v) is 0.785. The van der Waals surface area contributed by atoms with Crippen molar-refractivity contribution in [3.8, 4) is 0 Å². The predicted molar refractivity (Wildman–Crippen MR) is 59.6 cm³/mol. The lowest BCUT2D eigenvalue weighted by atomic mass is 10.2. The molecule has 0 aliphatic heterocycles. The van der Waals surface area contributed by atoms with Crippen LogP contribution in [-0.2, 0) is 0 Å². The number of rotatable bonds is 4. The van der Waals surface area contributed by atoms with Gasteiger partial charge in [0.2, 0.25) is 0 Å². The average Bonchev–Trinajstić information content (AvgIpc) is 2.08. The third-order valence-electron chi connectivity index (χ3n) is 1.35. The molecule has 0 radical (unpaired) electrons. The van der Waals surface area contributed by atoms with Crippen LogP contribution >= 0.6 is 11.6 Å². The molecule has 0 spiro atoms. The van der Waals surface area contributed by atoms with E-state index in [0.717, 1.165) is 24.3 Å². The first-order valence-corrected chi connectivity index (χ1v) is 4.99. The van der Waals surface area contributed by atoms with Crippen molar-refractivity contribution in [3.63, 3.8) is 0 Å². The molecule has 0 atom stereocenters. The summed E-state index contributed by atoms with van der Waals surface area (Å²) in [6, 6.07) is 0. The lowest BCUT2D eigenvalue weighted by molar-refractivity contribution is 0.853. The van der Waals surface area contributed by atoms with Gasteiger partial charge in [-0.15, -0.1) is 6.58 Å². The zero-order valence-corrected chi connectivity index (χ0v) is 9.54. The minimum absolute atomic E-state index is 0.996. The highest BCUT2D eigenvalue weighted by Gasteiger charge is 1.92. The SMILES string of the molecule is C=CCCCC(Cl)=C(C)C.CC. The summed E-state index contributed by atoms with van der Waals surface area (Å²) >= 11 is 5.90. The highest BCUT2D eigenvalue weighted by atomic mass is 35.5. The second kappa shape index (κ2) is 10.8.